The average Bonchev–Trinajstić information content (AvgIpc) is 2.57. The third-order valence-electron chi connectivity index (χ3n) is 2.87. The van der Waals surface area contributed by atoms with Gasteiger partial charge in [0.25, 0.3) is 0 Å². The van der Waals surface area contributed by atoms with E-state index in [-0.39, 0.29) is 0 Å². The van der Waals surface area contributed by atoms with E-state index in [9.17, 15) is 0 Å². The molecular weight excluding hydrogens is 180 g/mol. The molecule has 1 saturated heterocycles. The van der Waals surface area contributed by atoms with Crippen LogP contribution in [0, 0.1) is 5.92 Å². The minimum Gasteiger partial charge on any atom is -0.316 e. The molecule has 0 bridgehead atoms. The Morgan fingerprint density at radius 2 is 2.38 bits per heavy atom. The Hall–Kier alpha value is 0.270. The zero-order valence-corrected chi connectivity index (χ0v) is 9.86. The number of nitrogens with one attached hydrogen (secondary N) is 1. The van der Waals surface area contributed by atoms with Crippen LogP contribution >= 0.6 is 11.8 Å². The van der Waals surface area contributed by atoms with Gasteiger partial charge in [0.2, 0.25) is 0 Å². The number of hydrogen-bond acceptors (Lipinski definition) is 3. The topological polar surface area (TPSA) is 15.3 Å². The van der Waals surface area contributed by atoms with Gasteiger partial charge in [0, 0.05) is 18.3 Å². The Kier molecular flexibility index (Phi) is 5.14. The molecule has 1 rings (SSSR count). The average molecular weight is 202 g/mol. The molecule has 0 spiro atoms. The molecule has 13 heavy (non-hydrogen) atoms. The van der Waals surface area contributed by atoms with Gasteiger partial charge >= 0.3 is 0 Å². The van der Waals surface area contributed by atoms with E-state index in [0.29, 0.717) is 0 Å². The fourth-order valence-electron chi connectivity index (χ4n) is 1.83. The number of nitrogens with zero attached hydrogens (tertiary/aromatic N) is 1. The van der Waals surface area contributed by atoms with Crippen LogP contribution in [0.1, 0.15) is 13.3 Å². The first-order chi connectivity index (χ1) is 6.24. The third kappa shape index (κ3) is 3.88. The Morgan fingerprint density at radius 3 is 2.92 bits per heavy atom. The largest absolute Gasteiger partial charge is 0.316 e. The molecular formula is C10H22N2S. The van der Waals surface area contributed by atoms with Crippen molar-refractivity contribution in [2.75, 3.05) is 38.7 Å². The van der Waals surface area contributed by atoms with E-state index in [2.05, 4.69) is 30.4 Å². The van der Waals surface area contributed by atoms with E-state index in [1.165, 1.54) is 31.8 Å². The highest BCUT2D eigenvalue weighted by molar-refractivity contribution is 7.98. The van der Waals surface area contributed by atoms with Gasteiger partial charge in [-0.2, -0.15) is 11.8 Å². The van der Waals surface area contributed by atoms with Crippen LogP contribution in [0.5, 0.6) is 0 Å². The summed E-state index contributed by atoms with van der Waals surface area (Å²) in [6, 6.07) is 0.718. The first-order valence-electron chi connectivity index (χ1n) is 5.14. The van der Waals surface area contributed by atoms with Gasteiger partial charge in [-0.3, -0.25) is 0 Å². The lowest BCUT2D eigenvalue weighted by atomic mass is 10.1. The van der Waals surface area contributed by atoms with E-state index in [1.54, 1.807) is 0 Å². The second kappa shape index (κ2) is 5.89. The number of thioether (sulfide) groups is 1. The highest BCUT2D eigenvalue weighted by Crippen LogP contribution is 2.11. The molecule has 0 amide bonds. The van der Waals surface area contributed by atoms with E-state index < -0.39 is 0 Å². The predicted molar refractivity (Wildman–Crippen MR) is 61.5 cm³/mol. The minimum atomic E-state index is 0.718. The summed E-state index contributed by atoms with van der Waals surface area (Å²) >= 11 is 1.94. The van der Waals surface area contributed by atoms with E-state index in [1.807, 2.05) is 11.8 Å². The molecule has 78 valence electrons. The minimum absolute atomic E-state index is 0.718. The molecule has 1 aliphatic rings. The van der Waals surface area contributed by atoms with Gasteiger partial charge in [-0.05, 0) is 45.7 Å². The summed E-state index contributed by atoms with van der Waals surface area (Å²) in [4.78, 5) is 2.49. The maximum Gasteiger partial charge on any atom is 0.0155 e. The lowest BCUT2D eigenvalue weighted by Crippen LogP contribution is -2.35. The molecule has 2 atom stereocenters. The molecule has 2 unspecified atom stereocenters. The van der Waals surface area contributed by atoms with Crippen LogP contribution < -0.4 is 5.32 Å². The standard InChI is InChI=1S/C10H22N2S/c1-9(8-13-3)12(2)7-10-4-5-11-6-10/h9-11H,4-8H2,1-3H3. The van der Waals surface area contributed by atoms with Crippen molar-refractivity contribution < 1.29 is 0 Å². The van der Waals surface area contributed by atoms with Crippen molar-refractivity contribution >= 4 is 11.8 Å². The highest BCUT2D eigenvalue weighted by atomic mass is 32.2. The van der Waals surface area contributed by atoms with Gasteiger partial charge in [0.15, 0.2) is 0 Å². The Labute approximate surface area is 86.5 Å². The summed E-state index contributed by atoms with van der Waals surface area (Å²) < 4.78 is 0. The van der Waals surface area contributed by atoms with E-state index >= 15 is 0 Å². The summed E-state index contributed by atoms with van der Waals surface area (Å²) in [7, 11) is 2.25. The third-order valence-corrected chi connectivity index (χ3v) is 3.68. The maximum absolute atomic E-state index is 3.42. The fraction of sp³-hybridized carbons (Fsp3) is 1.00. The van der Waals surface area contributed by atoms with Gasteiger partial charge in [0.05, 0.1) is 0 Å². The SMILES string of the molecule is CSCC(C)N(C)CC1CCNC1. The van der Waals surface area contributed by atoms with Crippen molar-refractivity contribution in [1.82, 2.24) is 10.2 Å². The van der Waals surface area contributed by atoms with Crippen molar-refractivity contribution in [3.8, 4) is 0 Å². The summed E-state index contributed by atoms with van der Waals surface area (Å²) in [5.74, 6) is 2.13. The monoisotopic (exact) mass is 202 g/mol. The van der Waals surface area contributed by atoms with Gasteiger partial charge in [-0.25, -0.2) is 0 Å². The zero-order valence-electron chi connectivity index (χ0n) is 9.05. The van der Waals surface area contributed by atoms with Crippen LogP contribution in [0.25, 0.3) is 0 Å². The zero-order chi connectivity index (χ0) is 9.68. The Balaban J connectivity index is 2.18. The van der Waals surface area contributed by atoms with Gasteiger partial charge < -0.3 is 10.2 Å². The molecule has 0 aromatic heterocycles. The maximum atomic E-state index is 3.42. The van der Waals surface area contributed by atoms with Gasteiger partial charge in [-0.1, -0.05) is 0 Å². The molecule has 0 radical (unpaired) electrons. The Morgan fingerprint density at radius 1 is 1.62 bits per heavy atom. The molecule has 0 aliphatic carbocycles. The lowest BCUT2D eigenvalue weighted by Gasteiger charge is -2.26. The lowest BCUT2D eigenvalue weighted by molar-refractivity contribution is 0.240. The number of rotatable bonds is 5. The Bertz CT molecular complexity index is 135. The molecule has 2 nitrogen and oxygen atoms in total. The molecule has 1 fully saturated rings. The second-order valence-electron chi connectivity index (χ2n) is 4.10. The van der Waals surface area contributed by atoms with Crippen LogP contribution in [0.15, 0.2) is 0 Å². The van der Waals surface area contributed by atoms with Crippen molar-refractivity contribution in [3.05, 3.63) is 0 Å². The van der Waals surface area contributed by atoms with E-state index in [4.69, 9.17) is 0 Å². The van der Waals surface area contributed by atoms with Crippen LogP contribution in [-0.2, 0) is 0 Å². The number of hydrogen-bond donors (Lipinski definition) is 1. The van der Waals surface area contributed by atoms with Gasteiger partial charge in [-0.15, -0.1) is 0 Å². The van der Waals surface area contributed by atoms with Crippen molar-refractivity contribution in [1.29, 1.82) is 0 Å². The van der Waals surface area contributed by atoms with E-state index in [0.717, 1.165) is 12.0 Å². The van der Waals surface area contributed by atoms with Gasteiger partial charge in [0.1, 0.15) is 0 Å². The summed E-state index contributed by atoms with van der Waals surface area (Å²) in [6.45, 7) is 6.01. The quantitative estimate of drug-likeness (QED) is 0.723. The normalized spacial score (nSPS) is 25.4. The summed E-state index contributed by atoms with van der Waals surface area (Å²) in [5, 5.41) is 3.42. The van der Waals surface area contributed by atoms with Crippen LogP contribution in [-0.4, -0.2) is 49.6 Å². The highest BCUT2D eigenvalue weighted by Gasteiger charge is 2.18. The second-order valence-corrected chi connectivity index (χ2v) is 5.01. The first kappa shape index (κ1) is 11.3. The molecule has 0 saturated carbocycles. The predicted octanol–water partition coefficient (Wildman–Crippen LogP) is 1.28. The van der Waals surface area contributed by atoms with Crippen LogP contribution in [0.2, 0.25) is 0 Å². The van der Waals surface area contributed by atoms with Crippen LogP contribution in [0.3, 0.4) is 0 Å². The van der Waals surface area contributed by atoms with Crippen molar-refractivity contribution in [2.45, 2.75) is 19.4 Å². The molecule has 3 heteroatoms. The molecule has 1 aliphatic heterocycles. The van der Waals surface area contributed by atoms with Crippen molar-refractivity contribution in [2.24, 2.45) is 5.92 Å². The van der Waals surface area contributed by atoms with Crippen LogP contribution in [0.4, 0.5) is 0 Å². The fourth-order valence-corrected chi connectivity index (χ4v) is 2.56. The summed E-state index contributed by atoms with van der Waals surface area (Å²) in [6.07, 6.45) is 3.54. The first-order valence-corrected chi connectivity index (χ1v) is 6.53. The molecule has 1 heterocycles. The molecule has 1 N–H and O–H groups in total. The molecule has 0 aromatic carbocycles. The van der Waals surface area contributed by atoms with Crippen molar-refractivity contribution in [3.63, 3.8) is 0 Å². The molecule has 0 aromatic rings. The smallest absolute Gasteiger partial charge is 0.0155 e. The summed E-state index contributed by atoms with van der Waals surface area (Å²) in [5.41, 5.74) is 0.